The number of alkyl halides is 3. The van der Waals surface area contributed by atoms with E-state index in [9.17, 15) is 13.2 Å². The quantitative estimate of drug-likeness (QED) is 0.173. The summed E-state index contributed by atoms with van der Waals surface area (Å²) in [7, 11) is 0. The number of fused-ring (bicyclic) bond motifs is 5. The Hall–Kier alpha value is -5.27. The normalized spacial score (nSPS) is 24.4. The number of allylic oxidation sites excluding steroid dienone is 2. The van der Waals surface area contributed by atoms with Crippen LogP contribution in [0.4, 0.5) is 18.9 Å². The Kier molecular flexibility index (Phi) is 7.11. The van der Waals surface area contributed by atoms with Crippen LogP contribution in [0.15, 0.2) is 127 Å². The summed E-state index contributed by atoms with van der Waals surface area (Å²) in [5.74, 6) is -4.31. The van der Waals surface area contributed by atoms with Crippen LogP contribution in [0.2, 0.25) is 5.02 Å². The van der Waals surface area contributed by atoms with E-state index < -0.39 is 51.2 Å². The van der Waals surface area contributed by atoms with Crippen molar-refractivity contribution < 1.29 is 27.6 Å². The third-order valence-electron chi connectivity index (χ3n) is 10.6. The molecule has 2 amide bonds. The lowest BCUT2D eigenvalue weighted by molar-refractivity contribution is -0.137. The SMILES string of the molecule is Cc1ccc(C2=C(c3ccc(C)cc3)[C@@]3(c4ccccc4)C(=O)[C@@]2(c2ccccc2)[C@H]2C(=O)N(c4ccc(Cl)c(C(F)(F)F)c4)C(=O)[C@@H]23)cc1. The van der Waals surface area contributed by atoms with Gasteiger partial charge in [-0.3, -0.25) is 14.4 Å². The molecular weight excluding hydrogens is 659 g/mol. The minimum atomic E-state index is -4.83. The first-order valence-corrected chi connectivity index (χ1v) is 16.6. The number of rotatable bonds is 5. The Morgan fingerprint density at radius 3 is 1.42 bits per heavy atom. The Morgan fingerprint density at radius 1 is 0.600 bits per heavy atom. The zero-order chi connectivity index (χ0) is 35.2. The molecule has 1 heterocycles. The van der Waals surface area contributed by atoms with Crippen LogP contribution in [-0.2, 0) is 31.4 Å². The van der Waals surface area contributed by atoms with Crippen molar-refractivity contribution in [2.45, 2.75) is 30.9 Å². The summed E-state index contributed by atoms with van der Waals surface area (Å²) in [5.41, 5.74) is 0.940. The van der Waals surface area contributed by atoms with Gasteiger partial charge in [0.2, 0.25) is 11.8 Å². The molecule has 0 aromatic heterocycles. The van der Waals surface area contributed by atoms with Gasteiger partial charge in [0.05, 0.1) is 38.9 Å². The van der Waals surface area contributed by atoms with E-state index in [-0.39, 0.29) is 11.5 Å². The molecule has 50 heavy (non-hydrogen) atoms. The third kappa shape index (κ3) is 4.16. The molecular formula is C42H29ClF3NO3. The molecule has 1 aliphatic heterocycles. The number of amides is 2. The summed E-state index contributed by atoms with van der Waals surface area (Å²) in [5, 5.41) is -0.553. The highest BCUT2D eigenvalue weighted by molar-refractivity contribution is 6.39. The van der Waals surface area contributed by atoms with E-state index in [2.05, 4.69) is 0 Å². The van der Waals surface area contributed by atoms with Gasteiger partial charge in [-0.15, -0.1) is 0 Å². The predicted octanol–water partition coefficient (Wildman–Crippen LogP) is 9.16. The molecule has 5 aromatic carbocycles. The minimum Gasteiger partial charge on any atom is -0.297 e. The van der Waals surface area contributed by atoms with Crippen LogP contribution in [0.5, 0.6) is 0 Å². The average molecular weight is 688 g/mol. The molecule has 0 radical (unpaired) electrons. The molecule has 2 bridgehead atoms. The van der Waals surface area contributed by atoms with Gasteiger partial charge in [-0.2, -0.15) is 13.2 Å². The van der Waals surface area contributed by atoms with Crippen LogP contribution in [-0.4, -0.2) is 17.6 Å². The largest absolute Gasteiger partial charge is 0.417 e. The number of nitrogens with zero attached hydrogens (tertiary/aromatic N) is 1. The topological polar surface area (TPSA) is 54.5 Å². The van der Waals surface area contributed by atoms with Crippen LogP contribution in [0, 0.1) is 25.7 Å². The summed E-state index contributed by atoms with van der Waals surface area (Å²) < 4.78 is 42.3. The van der Waals surface area contributed by atoms with Crippen LogP contribution < -0.4 is 4.90 Å². The van der Waals surface area contributed by atoms with Crippen LogP contribution in [0.25, 0.3) is 11.1 Å². The Morgan fingerprint density at radius 2 is 1.02 bits per heavy atom. The maximum absolute atomic E-state index is 16.0. The molecule has 2 fully saturated rings. The number of carbonyl (C=O) groups excluding carboxylic acids is 3. The smallest absolute Gasteiger partial charge is 0.297 e. The number of benzene rings is 5. The zero-order valence-electron chi connectivity index (χ0n) is 27.0. The summed E-state index contributed by atoms with van der Waals surface area (Å²) in [6.07, 6.45) is -4.83. The number of aryl methyl sites for hydroxylation is 2. The van der Waals surface area contributed by atoms with Gasteiger partial charge in [0.25, 0.3) is 0 Å². The van der Waals surface area contributed by atoms with Gasteiger partial charge in [-0.25, -0.2) is 4.90 Å². The lowest BCUT2D eigenvalue weighted by Crippen LogP contribution is -2.45. The Bertz CT molecular complexity index is 2120. The number of hydrogen-bond acceptors (Lipinski definition) is 3. The molecule has 0 N–H and O–H groups in total. The second-order valence-corrected chi connectivity index (χ2v) is 13.7. The maximum Gasteiger partial charge on any atom is 0.417 e. The maximum atomic E-state index is 16.0. The van der Waals surface area contributed by atoms with Gasteiger partial charge >= 0.3 is 6.18 Å². The standard InChI is InChI=1S/C42H29ClF3NO3/c1-24-13-17-26(18-14-24)33-34(27-19-15-25(2)16-20-27)41(29-11-7-4-8-12-29)36-35(40(33,39(41)50)28-9-5-3-6-10-28)37(48)47(38(36)49)30-21-22-32(43)31(23-30)42(44,45)46/h3-23,35-36H,1-2H3/t35-,36-,40-,41-/m1/s1. The first kappa shape index (κ1) is 32.0. The first-order chi connectivity index (χ1) is 23.9. The fraction of sp³-hybridized carbons (Fsp3) is 0.167. The Labute approximate surface area is 291 Å². The first-order valence-electron chi connectivity index (χ1n) is 16.2. The number of Topliss-reactive ketones (excluding diaryl/α,β-unsaturated/α-hetero) is 1. The molecule has 3 aliphatic rings. The number of imide groups is 1. The highest BCUT2D eigenvalue weighted by Gasteiger charge is 2.82. The van der Waals surface area contributed by atoms with Crippen LogP contribution >= 0.6 is 11.6 Å². The van der Waals surface area contributed by atoms with E-state index in [0.717, 1.165) is 28.2 Å². The molecule has 4 atom stereocenters. The monoisotopic (exact) mass is 687 g/mol. The van der Waals surface area contributed by atoms with Crippen LogP contribution in [0.3, 0.4) is 0 Å². The minimum absolute atomic E-state index is 0.252. The highest BCUT2D eigenvalue weighted by atomic mass is 35.5. The summed E-state index contributed by atoms with van der Waals surface area (Å²) in [6, 6.07) is 36.5. The van der Waals surface area contributed by atoms with Crippen molar-refractivity contribution in [2.24, 2.45) is 11.8 Å². The fourth-order valence-electron chi connectivity index (χ4n) is 8.69. The van der Waals surface area contributed by atoms with Crippen molar-refractivity contribution >= 4 is 46.0 Å². The molecule has 8 heteroatoms. The summed E-state index contributed by atoms with van der Waals surface area (Å²) >= 11 is 5.97. The van der Waals surface area contributed by atoms with E-state index in [1.165, 1.54) is 6.07 Å². The van der Waals surface area contributed by atoms with Crippen molar-refractivity contribution in [3.8, 4) is 0 Å². The van der Waals surface area contributed by atoms with Gasteiger partial charge in [-0.05, 0) is 65.4 Å². The number of ketones is 1. The summed E-state index contributed by atoms with van der Waals surface area (Å²) in [4.78, 5) is 46.9. The van der Waals surface area contributed by atoms with Crippen molar-refractivity contribution in [3.63, 3.8) is 0 Å². The highest BCUT2D eigenvalue weighted by Crippen LogP contribution is 2.74. The molecule has 5 aromatic rings. The fourth-order valence-corrected chi connectivity index (χ4v) is 8.91. The third-order valence-corrected chi connectivity index (χ3v) is 11.0. The number of carbonyl (C=O) groups is 3. The van der Waals surface area contributed by atoms with E-state index in [1.807, 2.05) is 74.5 Å². The molecule has 0 unspecified atom stereocenters. The Balaban J connectivity index is 1.52. The van der Waals surface area contributed by atoms with Crippen LogP contribution in [0.1, 0.15) is 38.9 Å². The van der Waals surface area contributed by atoms with Crippen molar-refractivity contribution in [2.75, 3.05) is 4.90 Å². The predicted molar refractivity (Wildman–Crippen MR) is 186 cm³/mol. The van der Waals surface area contributed by atoms with Gasteiger partial charge in [-0.1, -0.05) is 132 Å². The number of anilines is 1. The molecule has 1 saturated heterocycles. The van der Waals surface area contributed by atoms with Crippen molar-refractivity contribution in [3.05, 3.63) is 171 Å². The van der Waals surface area contributed by atoms with Gasteiger partial charge < -0.3 is 0 Å². The second-order valence-electron chi connectivity index (χ2n) is 13.3. The molecule has 0 spiro atoms. The molecule has 1 saturated carbocycles. The van der Waals surface area contributed by atoms with E-state index in [1.54, 1.807) is 48.5 Å². The molecule has 8 rings (SSSR count). The average Bonchev–Trinajstić information content (AvgIpc) is 3.61. The second kappa shape index (κ2) is 11.1. The zero-order valence-corrected chi connectivity index (χ0v) is 27.7. The summed E-state index contributed by atoms with van der Waals surface area (Å²) in [6.45, 7) is 3.91. The molecule has 2 aliphatic carbocycles. The van der Waals surface area contributed by atoms with Crippen molar-refractivity contribution in [1.82, 2.24) is 0 Å². The van der Waals surface area contributed by atoms with Gasteiger partial charge in [0, 0.05) is 0 Å². The van der Waals surface area contributed by atoms with E-state index >= 15 is 14.4 Å². The number of hydrogen-bond donors (Lipinski definition) is 0. The molecule has 4 nitrogen and oxygen atoms in total. The molecule has 248 valence electrons. The lowest BCUT2D eigenvalue weighted by atomic mass is 9.59. The van der Waals surface area contributed by atoms with Gasteiger partial charge in [0.1, 0.15) is 0 Å². The lowest BCUT2D eigenvalue weighted by Gasteiger charge is -2.39. The van der Waals surface area contributed by atoms with Gasteiger partial charge in [0.15, 0.2) is 5.78 Å². The van der Waals surface area contributed by atoms with Crippen molar-refractivity contribution in [1.29, 1.82) is 0 Å². The van der Waals surface area contributed by atoms with E-state index in [0.29, 0.717) is 33.4 Å². The van der Waals surface area contributed by atoms with E-state index in [4.69, 9.17) is 11.6 Å². The number of halogens is 4.